The number of rotatable bonds is 6. The van der Waals surface area contributed by atoms with Crippen molar-refractivity contribution in [1.82, 2.24) is 20.2 Å². The van der Waals surface area contributed by atoms with Crippen LogP contribution in [0, 0.1) is 0 Å². The summed E-state index contributed by atoms with van der Waals surface area (Å²) in [7, 11) is 2.13. The number of nitrogens with zero attached hydrogens (tertiary/aromatic N) is 6. The van der Waals surface area contributed by atoms with Crippen molar-refractivity contribution in [3.05, 3.63) is 48.8 Å². The third kappa shape index (κ3) is 6.45. The van der Waals surface area contributed by atoms with E-state index in [2.05, 4.69) is 75.1 Å². The molecule has 3 rings (SSSR count). The van der Waals surface area contributed by atoms with E-state index in [1.807, 2.05) is 12.1 Å². The molecule has 1 aromatic carbocycles. The Morgan fingerprint density at radius 3 is 2.38 bits per heavy atom. The number of hydrogen-bond donors (Lipinski definition) is 1. The molecular weight excluding hydrogens is 477 g/mol. The Balaban J connectivity index is 0.00000300. The summed E-state index contributed by atoms with van der Waals surface area (Å²) >= 11 is 0. The lowest BCUT2D eigenvalue weighted by atomic mass is 10.2. The first-order valence-electron chi connectivity index (χ1n) is 10.0. The molecule has 29 heavy (non-hydrogen) atoms. The Morgan fingerprint density at radius 2 is 1.76 bits per heavy atom. The van der Waals surface area contributed by atoms with Gasteiger partial charge >= 0.3 is 0 Å². The van der Waals surface area contributed by atoms with Gasteiger partial charge < -0.3 is 20.0 Å². The Labute approximate surface area is 191 Å². The molecule has 8 heteroatoms. The molecule has 1 N–H and O–H groups in total. The number of halogens is 1. The van der Waals surface area contributed by atoms with Crippen molar-refractivity contribution in [2.45, 2.75) is 19.9 Å². The molecule has 1 aliphatic rings. The van der Waals surface area contributed by atoms with E-state index < -0.39 is 0 Å². The van der Waals surface area contributed by atoms with E-state index in [0.717, 1.165) is 51.2 Å². The first-order chi connectivity index (χ1) is 13.7. The number of nitrogens with one attached hydrogen (secondary N) is 1. The maximum absolute atomic E-state index is 4.92. The molecule has 1 aliphatic heterocycles. The van der Waals surface area contributed by atoms with Gasteiger partial charge in [-0.3, -0.25) is 4.99 Å². The lowest BCUT2D eigenvalue weighted by molar-refractivity contribution is 0.369. The highest BCUT2D eigenvalue weighted by Gasteiger charge is 2.21. The van der Waals surface area contributed by atoms with Crippen LogP contribution in [0.25, 0.3) is 0 Å². The second-order valence-electron chi connectivity index (χ2n) is 7.01. The molecular formula is C21H32IN7. The van der Waals surface area contributed by atoms with E-state index in [1.54, 1.807) is 12.4 Å². The molecule has 0 bridgehead atoms. The van der Waals surface area contributed by atoms with Crippen LogP contribution in [0.2, 0.25) is 0 Å². The summed E-state index contributed by atoms with van der Waals surface area (Å²) in [6, 6.07) is 12.6. The summed E-state index contributed by atoms with van der Waals surface area (Å²) < 4.78 is 0. The highest BCUT2D eigenvalue weighted by molar-refractivity contribution is 14.0. The molecule has 2 heterocycles. The second-order valence-corrected chi connectivity index (χ2v) is 7.01. The summed E-state index contributed by atoms with van der Waals surface area (Å²) in [5.41, 5.74) is 1.21. The molecule has 1 saturated heterocycles. The fourth-order valence-electron chi connectivity index (χ4n) is 3.26. The molecule has 0 amide bonds. The van der Waals surface area contributed by atoms with E-state index in [1.165, 1.54) is 5.69 Å². The standard InChI is InChI=1S/C21H31N7.HI/c1-4-22-20(25-17-18(2)26(3)19-9-6-5-7-10-19)27-13-15-28(16-14-27)21-23-11-8-12-24-21;/h5-12,18H,4,13-17H2,1-3H3,(H,22,25);1H. The van der Waals surface area contributed by atoms with Crippen LogP contribution < -0.4 is 15.1 Å². The number of para-hydroxylation sites is 1. The number of piperazine rings is 1. The van der Waals surface area contributed by atoms with Gasteiger partial charge in [0.15, 0.2) is 5.96 Å². The minimum absolute atomic E-state index is 0. The lowest BCUT2D eigenvalue weighted by Gasteiger charge is -2.36. The van der Waals surface area contributed by atoms with Crippen molar-refractivity contribution in [2.24, 2.45) is 4.99 Å². The van der Waals surface area contributed by atoms with Gasteiger partial charge in [0.25, 0.3) is 0 Å². The quantitative estimate of drug-likeness (QED) is 0.367. The summed E-state index contributed by atoms with van der Waals surface area (Å²) in [6.45, 7) is 9.55. The first-order valence-corrected chi connectivity index (χ1v) is 10.0. The number of benzene rings is 1. The maximum atomic E-state index is 4.92. The fourth-order valence-corrected chi connectivity index (χ4v) is 3.26. The lowest BCUT2D eigenvalue weighted by Crippen LogP contribution is -2.53. The number of guanidine groups is 1. The largest absolute Gasteiger partial charge is 0.370 e. The Hall–Kier alpha value is -2.10. The number of likely N-dealkylation sites (N-methyl/N-ethyl adjacent to an activating group) is 1. The van der Waals surface area contributed by atoms with Crippen molar-refractivity contribution >= 4 is 41.6 Å². The predicted octanol–water partition coefficient (Wildman–Crippen LogP) is 2.71. The highest BCUT2D eigenvalue weighted by atomic mass is 127. The van der Waals surface area contributed by atoms with E-state index >= 15 is 0 Å². The van der Waals surface area contributed by atoms with Crippen LogP contribution in [0.15, 0.2) is 53.8 Å². The van der Waals surface area contributed by atoms with Crippen molar-refractivity contribution in [2.75, 3.05) is 56.1 Å². The van der Waals surface area contributed by atoms with Gasteiger partial charge in [0.1, 0.15) is 0 Å². The summed E-state index contributed by atoms with van der Waals surface area (Å²) in [4.78, 5) is 20.5. The van der Waals surface area contributed by atoms with E-state index in [-0.39, 0.29) is 24.0 Å². The highest BCUT2D eigenvalue weighted by Crippen LogP contribution is 2.14. The maximum Gasteiger partial charge on any atom is 0.225 e. The fraction of sp³-hybridized carbons (Fsp3) is 0.476. The van der Waals surface area contributed by atoms with Gasteiger partial charge in [-0.15, -0.1) is 24.0 Å². The van der Waals surface area contributed by atoms with E-state index in [0.29, 0.717) is 6.04 Å². The van der Waals surface area contributed by atoms with Crippen molar-refractivity contribution < 1.29 is 0 Å². The number of anilines is 2. The molecule has 2 aromatic rings. The number of hydrogen-bond acceptors (Lipinski definition) is 5. The molecule has 1 unspecified atom stereocenters. The van der Waals surface area contributed by atoms with Crippen LogP contribution in [0.3, 0.4) is 0 Å². The van der Waals surface area contributed by atoms with Crippen LogP contribution >= 0.6 is 24.0 Å². The Morgan fingerprint density at radius 1 is 1.10 bits per heavy atom. The van der Waals surface area contributed by atoms with Gasteiger partial charge in [-0.25, -0.2) is 9.97 Å². The predicted molar refractivity (Wildman–Crippen MR) is 132 cm³/mol. The SMILES string of the molecule is CCNC(=NCC(C)N(C)c1ccccc1)N1CCN(c2ncccn2)CC1.I. The normalized spacial score (nSPS) is 15.5. The molecule has 1 aromatic heterocycles. The summed E-state index contributed by atoms with van der Waals surface area (Å²) in [5, 5.41) is 3.45. The van der Waals surface area contributed by atoms with Crippen LogP contribution in [0.1, 0.15) is 13.8 Å². The Bertz CT molecular complexity index is 733. The molecule has 0 aliphatic carbocycles. The average molecular weight is 509 g/mol. The van der Waals surface area contributed by atoms with Gasteiger partial charge in [-0.05, 0) is 32.0 Å². The molecule has 1 fully saturated rings. The molecule has 0 spiro atoms. The molecule has 0 radical (unpaired) electrons. The zero-order valence-electron chi connectivity index (χ0n) is 17.5. The second kappa shape index (κ2) is 11.8. The van der Waals surface area contributed by atoms with Gasteiger partial charge in [0.2, 0.25) is 5.95 Å². The molecule has 7 nitrogen and oxygen atoms in total. The summed E-state index contributed by atoms with van der Waals surface area (Å²) in [6.07, 6.45) is 3.59. The monoisotopic (exact) mass is 509 g/mol. The van der Waals surface area contributed by atoms with Crippen LogP contribution in [-0.4, -0.2) is 73.2 Å². The van der Waals surface area contributed by atoms with Crippen LogP contribution in [0.5, 0.6) is 0 Å². The zero-order valence-corrected chi connectivity index (χ0v) is 19.9. The third-order valence-electron chi connectivity index (χ3n) is 5.08. The topological polar surface area (TPSA) is 59.9 Å². The Kier molecular flexibility index (Phi) is 9.43. The summed E-state index contributed by atoms with van der Waals surface area (Å²) in [5.74, 6) is 1.80. The molecule has 1 atom stereocenters. The minimum atomic E-state index is 0. The van der Waals surface area contributed by atoms with Gasteiger partial charge in [-0.1, -0.05) is 18.2 Å². The smallest absolute Gasteiger partial charge is 0.225 e. The van der Waals surface area contributed by atoms with Crippen molar-refractivity contribution in [3.8, 4) is 0 Å². The van der Waals surface area contributed by atoms with Crippen LogP contribution in [-0.2, 0) is 0 Å². The van der Waals surface area contributed by atoms with Crippen LogP contribution in [0.4, 0.5) is 11.6 Å². The zero-order chi connectivity index (χ0) is 19.8. The van der Waals surface area contributed by atoms with Crippen molar-refractivity contribution in [3.63, 3.8) is 0 Å². The number of aromatic nitrogens is 2. The minimum Gasteiger partial charge on any atom is -0.370 e. The molecule has 158 valence electrons. The van der Waals surface area contributed by atoms with Gasteiger partial charge in [0, 0.05) is 63.9 Å². The molecule has 0 saturated carbocycles. The van der Waals surface area contributed by atoms with E-state index in [9.17, 15) is 0 Å². The van der Waals surface area contributed by atoms with E-state index in [4.69, 9.17) is 4.99 Å². The third-order valence-corrected chi connectivity index (χ3v) is 5.08. The van der Waals surface area contributed by atoms with Crippen molar-refractivity contribution in [1.29, 1.82) is 0 Å². The first kappa shape index (κ1) is 23.2. The average Bonchev–Trinajstić information content (AvgIpc) is 2.77. The van der Waals surface area contributed by atoms with Gasteiger partial charge in [-0.2, -0.15) is 0 Å². The van der Waals surface area contributed by atoms with Gasteiger partial charge in [0.05, 0.1) is 6.54 Å². The number of aliphatic imine (C=N–C) groups is 1.